The van der Waals surface area contributed by atoms with E-state index < -0.39 is 0 Å². The van der Waals surface area contributed by atoms with E-state index in [2.05, 4.69) is 39.1 Å². The van der Waals surface area contributed by atoms with E-state index in [9.17, 15) is 4.79 Å². The third-order valence-corrected chi connectivity index (χ3v) is 4.66. The van der Waals surface area contributed by atoms with E-state index in [4.69, 9.17) is 0 Å². The van der Waals surface area contributed by atoms with Gasteiger partial charge in [0.15, 0.2) is 5.65 Å². The number of benzene rings is 1. The van der Waals surface area contributed by atoms with E-state index in [0.29, 0.717) is 5.65 Å². The van der Waals surface area contributed by atoms with E-state index in [-0.39, 0.29) is 11.7 Å². The predicted molar refractivity (Wildman–Crippen MR) is 90.3 cm³/mol. The minimum Gasteiger partial charge on any atom is -0.299 e. The molecule has 1 saturated heterocycles. The lowest BCUT2D eigenvalue weighted by Gasteiger charge is -2.32. The maximum atomic E-state index is 12.3. The van der Waals surface area contributed by atoms with Gasteiger partial charge in [-0.15, -0.1) is 0 Å². The highest BCUT2D eigenvalue weighted by atomic mass is 16.1. The summed E-state index contributed by atoms with van der Waals surface area (Å²) in [5.41, 5.74) is 2.91. The molecule has 4 rings (SSSR count). The molecule has 1 N–H and O–H groups in total. The molecule has 3 aromatic rings. The normalized spacial score (nSPS) is 16.9. The molecule has 5 heteroatoms. The fraction of sp³-hybridized carbons (Fsp3) is 0.333. The van der Waals surface area contributed by atoms with Gasteiger partial charge in [0.05, 0.1) is 5.52 Å². The first-order chi connectivity index (χ1) is 11.3. The van der Waals surface area contributed by atoms with Gasteiger partial charge in [-0.25, -0.2) is 9.78 Å². The molecule has 3 heterocycles. The van der Waals surface area contributed by atoms with E-state index in [0.717, 1.165) is 38.0 Å². The fourth-order valence-corrected chi connectivity index (χ4v) is 3.50. The highest BCUT2D eigenvalue weighted by molar-refractivity contribution is 5.70. The molecular formula is C18H20N4O. The molecule has 1 aromatic carbocycles. The van der Waals surface area contributed by atoms with Crippen molar-refractivity contribution in [1.82, 2.24) is 19.4 Å². The van der Waals surface area contributed by atoms with E-state index in [1.165, 1.54) is 5.56 Å². The number of H-pyrrole nitrogens is 1. The Balaban J connectivity index is 1.49. The van der Waals surface area contributed by atoms with Crippen LogP contribution in [0.1, 0.15) is 24.4 Å². The molecule has 0 bridgehead atoms. The first-order valence-electron chi connectivity index (χ1n) is 8.13. The summed E-state index contributed by atoms with van der Waals surface area (Å²) in [6, 6.07) is 14.7. The van der Waals surface area contributed by atoms with Crippen molar-refractivity contribution in [1.29, 1.82) is 0 Å². The molecule has 0 saturated carbocycles. The van der Waals surface area contributed by atoms with Crippen LogP contribution in [0.4, 0.5) is 0 Å². The van der Waals surface area contributed by atoms with Crippen molar-refractivity contribution >= 4 is 11.2 Å². The number of likely N-dealkylation sites (tertiary alicyclic amines) is 1. The molecule has 1 aliphatic heterocycles. The number of fused-ring (bicyclic) bond motifs is 1. The molecule has 23 heavy (non-hydrogen) atoms. The van der Waals surface area contributed by atoms with E-state index in [1.54, 1.807) is 6.20 Å². The second kappa shape index (κ2) is 6.01. The van der Waals surface area contributed by atoms with Gasteiger partial charge in [0.1, 0.15) is 0 Å². The van der Waals surface area contributed by atoms with E-state index >= 15 is 0 Å². The zero-order valence-electron chi connectivity index (χ0n) is 13.0. The molecule has 2 aromatic heterocycles. The SMILES string of the molecule is O=c1[nH]c2ncccc2n1C1CCN(Cc2ccccc2)CC1. The Hall–Kier alpha value is -2.40. The fourth-order valence-electron chi connectivity index (χ4n) is 3.50. The minimum atomic E-state index is -0.0415. The molecular weight excluding hydrogens is 288 g/mol. The van der Waals surface area contributed by atoms with Gasteiger partial charge in [-0.2, -0.15) is 0 Å². The van der Waals surface area contributed by atoms with Crippen LogP contribution in [0.3, 0.4) is 0 Å². The van der Waals surface area contributed by atoms with E-state index in [1.807, 2.05) is 22.8 Å². The molecule has 1 fully saturated rings. The van der Waals surface area contributed by atoms with Gasteiger partial charge in [0.25, 0.3) is 0 Å². The lowest BCUT2D eigenvalue weighted by atomic mass is 10.0. The molecule has 0 unspecified atom stereocenters. The van der Waals surface area contributed by atoms with Gasteiger partial charge < -0.3 is 0 Å². The zero-order valence-corrected chi connectivity index (χ0v) is 13.0. The average molecular weight is 308 g/mol. The molecule has 5 nitrogen and oxygen atoms in total. The molecule has 0 amide bonds. The molecule has 0 spiro atoms. The zero-order chi connectivity index (χ0) is 15.6. The maximum absolute atomic E-state index is 12.3. The van der Waals surface area contributed by atoms with Crippen LogP contribution in [-0.2, 0) is 6.54 Å². The van der Waals surface area contributed by atoms with Gasteiger partial charge in [-0.3, -0.25) is 14.5 Å². The summed E-state index contributed by atoms with van der Waals surface area (Å²) in [7, 11) is 0. The third-order valence-electron chi connectivity index (χ3n) is 4.66. The number of nitrogens with one attached hydrogen (secondary N) is 1. The minimum absolute atomic E-state index is 0.0415. The van der Waals surface area contributed by atoms with Crippen molar-refractivity contribution in [2.45, 2.75) is 25.4 Å². The first-order valence-corrected chi connectivity index (χ1v) is 8.13. The van der Waals surface area contributed by atoms with Gasteiger partial charge in [-0.05, 0) is 30.5 Å². The topological polar surface area (TPSA) is 53.9 Å². The molecule has 118 valence electrons. The van der Waals surface area contributed by atoms with Crippen molar-refractivity contribution in [3.8, 4) is 0 Å². The van der Waals surface area contributed by atoms with Gasteiger partial charge in [0, 0.05) is 31.9 Å². The van der Waals surface area contributed by atoms with Crippen LogP contribution >= 0.6 is 0 Å². The number of rotatable bonds is 3. The second-order valence-electron chi connectivity index (χ2n) is 6.16. The lowest BCUT2D eigenvalue weighted by molar-refractivity contribution is 0.180. The maximum Gasteiger partial charge on any atom is 0.327 e. The van der Waals surface area contributed by atoms with Crippen molar-refractivity contribution in [3.05, 3.63) is 64.7 Å². The van der Waals surface area contributed by atoms with Gasteiger partial charge >= 0.3 is 5.69 Å². The van der Waals surface area contributed by atoms with Crippen LogP contribution in [-0.4, -0.2) is 32.5 Å². The van der Waals surface area contributed by atoms with Crippen LogP contribution in [0.2, 0.25) is 0 Å². The Morgan fingerprint density at radius 3 is 2.65 bits per heavy atom. The summed E-state index contributed by atoms with van der Waals surface area (Å²) in [5.74, 6) is 0. The number of nitrogens with zero attached hydrogens (tertiary/aromatic N) is 3. The van der Waals surface area contributed by atoms with Crippen molar-refractivity contribution in [2.75, 3.05) is 13.1 Å². The Bertz CT molecular complexity index is 844. The smallest absolute Gasteiger partial charge is 0.299 e. The molecule has 1 aliphatic rings. The number of piperidine rings is 1. The number of hydrogen-bond acceptors (Lipinski definition) is 3. The highest BCUT2D eigenvalue weighted by Crippen LogP contribution is 2.25. The number of imidazole rings is 1. The monoisotopic (exact) mass is 308 g/mol. The van der Waals surface area contributed by atoms with Crippen LogP contribution in [0.5, 0.6) is 0 Å². The summed E-state index contributed by atoms with van der Waals surface area (Å²) in [6.07, 6.45) is 3.70. The number of pyridine rings is 1. The third kappa shape index (κ3) is 2.80. The van der Waals surface area contributed by atoms with Crippen LogP contribution in [0.25, 0.3) is 11.2 Å². The molecule has 0 atom stereocenters. The molecule has 0 aliphatic carbocycles. The quantitative estimate of drug-likeness (QED) is 0.809. The van der Waals surface area contributed by atoms with Crippen molar-refractivity contribution in [2.24, 2.45) is 0 Å². The number of hydrogen-bond donors (Lipinski definition) is 1. The van der Waals surface area contributed by atoms with Crippen molar-refractivity contribution in [3.63, 3.8) is 0 Å². The van der Waals surface area contributed by atoms with Gasteiger partial charge in [0.2, 0.25) is 0 Å². The predicted octanol–water partition coefficient (Wildman–Crippen LogP) is 2.56. The Morgan fingerprint density at radius 1 is 1.09 bits per heavy atom. The number of aromatic nitrogens is 3. The molecule has 0 radical (unpaired) electrons. The standard InChI is InChI=1S/C18H20N4O/c23-18-20-17-16(7-4-10-19-17)22(18)15-8-11-21(12-9-15)13-14-5-2-1-3-6-14/h1-7,10,15H,8-9,11-13H2,(H,19,20,23). The highest BCUT2D eigenvalue weighted by Gasteiger charge is 2.23. The summed E-state index contributed by atoms with van der Waals surface area (Å²) in [6.45, 7) is 3.01. The van der Waals surface area contributed by atoms with Gasteiger partial charge in [-0.1, -0.05) is 30.3 Å². The number of aromatic amines is 1. The largest absolute Gasteiger partial charge is 0.327 e. The summed E-state index contributed by atoms with van der Waals surface area (Å²) < 4.78 is 1.89. The average Bonchev–Trinajstić information content (AvgIpc) is 2.92. The van der Waals surface area contributed by atoms with Crippen LogP contribution in [0, 0.1) is 0 Å². The Morgan fingerprint density at radius 2 is 1.87 bits per heavy atom. The van der Waals surface area contributed by atoms with Crippen LogP contribution in [0.15, 0.2) is 53.5 Å². The summed E-state index contributed by atoms with van der Waals surface area (Å²) in [5, 5.41) is 0. The summed E-state index contributed by atoms with van der Waals surface area (Å²) in [4.78, 5) is 21.8. The lowest BCUT2D eigenvalue weighted by Crippen LogP contribution is -2.36. The van der Waals surface area contributed by atoms with Crippen molar-refractivity contribution < 1.29 is 0 Å². The van der Waals surface area contributed by atoms with Crippen LogP contribution < -0.4 is 5.69 Å². The summed E-state index contributed by atoms with van der Waals surface area (Å²) >= 11 is 0. The second-order valence-corrected chi connectivity index (χ2v) is 6.16. The Kier molecular flexibility index (Phi) is 3.71. The first kappa shape index (κ1) is 14.2. The Labute approximate surface area is 134 Å².